The molecule has 0 bridgehead atoms. The molecule has 0 unspecified atom stereocenters. The first-order valence-corrected chi connectivity index (χ1v) is 8.18. The lowest BCUT2D eigenvalue weighted by molar-refractivity contribution is 0.688. The van der Waals surface area contributed by atoms with E-state index in [-0.39, 0.29) is 0 Å². The normalized spacial score (nSPS) is 10.8. The van der Waals surface area contributed by atoms with E-state index in [1.54, 1.807) is 28.9 Å². The van der Waals surface area contributed by atoms with Crippen LogP contribution < -0.4 is 5.32 Å². The highest BCUT2D eigenvalue weighted by molar-refractivity contribution is 7.13. The van der Waals surface area contributed by atoms with Crippen LogP contribution in [0, 0.1) is 6.92 Å². The van der Waals surface area contributed by atoms with Gasteiger partial charge < -0.3 is 5.32 Å². The van der Waals surface area contributed by atoms with E-state index < -0.39 is 0 Å². The molecular weight excluding hydrogens is 286 g/mol. The standard InChI is InChI=1S/C15H15N3S2/c1-11-5-7-19-14(11)9-16-8-12-10-20-15(18-12)13-4-2-3-6-17-13/h2-7,10,16H,8-9H2,1H3. The molecule has 0 aliphatic carbocycles. The van der Waals surface area contributed by atoms with Crippen molar-refractivity contribution in [3.05, 3.63) is 57.4 Å². The number of aromatic nitrogens is 2. The van der Waals surface area contributed by atoms with Crippen molar-refractivity contribution < 1.29 is 0 Å². The Bertz CT molecular complexity index is 673. The number of pyridine rings is 1. The summed E-state index contributed by atoms with van der Waals surface area (Å²) in [4.78, 5) is 10.3. The van der Waals surface area contributed by atoms with Crippen molar-refractivity contribution in [3.8, 4) is 10.7 Å². The summed E-state index contributed by atoms with van der Waals surface area (Å²) in [6, 6.07) is 8.05. The van der Waals surface area contributed by atoms with Gasteiger partial charge in [-0.15, -0.1) is 22.7 Å². The van der Waals surface area contributed by atoms with Crippen LogP contribution in [0.2, 0.25) is 0 Å². The summed E-state index contributed by atoms with van der Waals surface area (Å²) in [6.45, 7) is 3.84. The molecule has 20 heavy (non-hydrogen) atoms. The van der Waals surface area contributed by atoms with Gasteiger partial charge >= 0.3 is 0 Å². The van der Waals surface area contributed by atoms with Crippen LogP contribution in [-0.2, 0) is 13.1 Å². The van der Waals surface area contributed by atoms with Crippen LogP contribution in [0.3, 0.4) is 0 Å². The first-order chi connectivity index (χ1) is 9.83. The highest BCUT2D eigenvalue weighted by atomic mass is 32.1. The van der Waals surface area contributed by atoms with Gasteiger partial charge in [0.15, 0.2) is 0 Å². The van der Waals surface area contributed by atoms with Crippen molar-refractivity contribution in [2.75, 3.05) is 0 Å². The first kappa shape index (κ1) is 13.4. The zero-order valence-corrected chi connectivity index (χ0v) is 12.8. The third-order valence-corrected chi connectivity index (χ3v) is 4.93. The van der Waals surface area contributed by atoms with E-state index in [2.05, 4.69) is 39.0 Å². The van der Waals surface area contributed by atoms with Crippen LogP contribution in [0.15, 0.2) is 41.2 Å². The van der Waals surface area contributed by atoms with Crippen LogP contribution in [0.1, 0.15) is 16.1 Å². The van der Waals surface area contributed by atoms with Crippen molar-refractivity contribution in [2.45, 2.75) is 20.0 Å². The van der Waals surface area contributed by atoms with Gasteiger partial charge in [-0.1, -0.05) is 6.07 Å². The number of nitrogens with one attached hydrogen (secondary N) is 1. The van der Waals surface area contributed by atoms with Gasteiger partial charge in [0.05, 0.1) is 11.4 Å². The number of aryl methyl sites for hydroxylation is 1. The second-order valence-corrected chi connectivity index (χ2v) is 6.35. The van der Waals surface area contributed by atoms with Crippen LogP contribution in [-0.4, -0.2) is 9.97 Å². The van der Waals surface area contributed by atoms with Crippen molar-refractivity contribution in [1.29, 1.82) is 0 Å². The fourth-order valence-corrected chi connectivity index (χ4v) is 3.56. The fraction of sp³-hybridized carbons (Fsp3) is 0.200. The predicted molar refractivity (Wildman–Crippen MR) is 84.9 cm³/mol. The van der Waals surface area contributed by atoms with Crippen LogP contribution in [0.5, 0.6) is 0 Å². The van der Waals surface area contributed by atoms with Crippen LogP contribution in [0.4, 0.5) is 0 Å². The highest BCUT2D eigenvalue weighted by Gasteiger charge is 2.05. The smallest absolute Gasteiger partial charge is 0.142 e. The summed E-state index contributed by atoms with van der Waals surface area (Å²) in [6.07, 6.45) is 1.80. The molecule has 3 aromatic heterocycles. The summed E-state index contributed by atoms with van der Waals surface area (Å²) in [5.41, 5.74) is 3.37. The third kappa shape index (κ3) is 3.12. The zero-order chi connectivity index (χ0) is 13.8. The first-order valence-electron chi connectivity index (χ1n) is 6.42. The molecule has 0 aliphatic heterocycles. The van der Waals surface area contributed by atoms with Gasteiger partial charge in [0.25, 0.3) is 0 Å². The number of thiazole rings is 1. The minimum atomic E-state index is 0.792. The van der Waals surface area contributed by atoms with E-state index in [0.717, 1.165) is 29.5 Å². The molecule has 0 fully saturated rings. The Morgan fingerprint density at radius 1 is 1.15 bits per heavy atom. The molecule has 102 valence electrons. The Kier molecular flexibility index (Phi) is 4.20. The van der Waals surface area contributed by atoms with Crippen molar-refractivity contribution in [1.82, 2.24) is 15.3 Å². The molecule has 0 saturated carbocycles. The molecule has 0 radical (unpaired) electrons. The van der Waals surface area contributed by atoms with E-state index in [9.17, 15) is 0 Å². The summed E-state index contributed by atoms with van der Waals surface area (Å²) in [5.74, 6) is 0. The molecule has 0 atom stereocenters. The fourth-order valence-electron chi connectivity index (χ4n) is 1.88. The SMILES string of the molecule is Cc1ccsc1CNCc1csc(-c2ccccn2)n1. The molecule has 0 saturated heterocycles. The summed E-state index contributed by atoms with van der Waals surface area (Å²) in [7, 11) is 0. The number of hydrogen-bond acceptors (Lipinski definition) is 5. The Morgan fingerprint density at radius 3 is 2.85 bits per heavy atom. The van der Waals surface area contributed by atoms with Gasteiger partial charge in [-0.25, -0.2) is 4.98 Å². The average Bonchev–Trinajstić information content (AvgIpc) is 3.10. The molecule has 3 aromatic rings. The lowest BCUT2D eigenvalue weighted by atomic mass is 10.3. The quantitative estimate of drug-likeness (QED) is 0.777. The summed E-state index contributed by atoms with van der Waals surface area (Å²) < 4.78 is 0. The van der Waals surface area contributed by atoms with Gasteiger partial charge in [0.1, 0.15) is 5.01 Å². The minimum absolute atomic E-state index is 0.792. The second kappa shape index (κ2) is 6.26. The minimum Gasteiger partial charge on any atom is -0.306 e. The van der Waals surface area contributed by atoms with Gasteiger partial charge in [-0.05, 0) is 36.1 Å². The molecule has 3 nitrogen and oxygen atoms in total. The van der Waals surface area contributed by atoms with Gasteiger partial charge in [-0.2, -0.15) is 0 Å². The maximum absolute atomic E-state index is 4.62. The predicted octanol–water partition coefficient (Wildman–Crippen LogP) is 3.86. The number of nitrogens with zero attached hydrogens (tertiary/aromatic N) is 2. The molecule has 0 amide bonds. The van der Waals surface area contributed by atoms with E-state index in [1.165, 1.54) is 10.4 Å². The summed E-state index contributed by atoms with van der Waals surface area (Å²) >= 11 is 3.44. The molecular formula is C15H15N3S2. The monoisotopic (exact) mass is 301 g/mol. The topological polar surface area (TPSA) is 37.8 Å². The molecule has 1 N–H and O–H groups in total. The Labute approximate surface area is 126 Å². The number of rotatable bonds is 5. The van der Waals surface area contributed by atoms with Gasteiger partial charge in [-0.3, -0.25) is 4.98 Å². The summed E-state index contributed by atoms with van der Waals surface area (Å²) in [5, 5.41) is 8.65. The van der Waals surface area contributed by atoms with Crippen LogP contribution >= 0.6 is 22.7 Å². The molecule has 0 aliphatic rings. The van der Waals surface area contributed by atoms with Gasteiger partial charge in [0, 0.05) is 29.5 Å². The van der Waals surface area contributed by atoms with Crippen molar-refractivity contribution >= 4 is 22.7 Å². The lowest BCUT2D eigenvalue weighted by Crippen LogP contribution is -2.12. The van der Waals surface area contributed by atoms with Crippen molar-refractivity contribution in [3.63, 3.8) is 0 Å². The Morgan fingerprint density at radius 2 is 2.10 bits per heavy atom. The third-order valence-electron chi connectivity index (χ3n) is 3.00. The van der Waals surface area contributed by atoms with Crippen molar-refractivity contribution in [2.24, 2.45) is 0 Å². The molecule has 5 heteroatoms. The van der Waals surface area contributed by atoms with E-state index in [1.807, 2.05) is 18.2 Å². The maximum Gasteiger partial charge on any atom is 0.142 e. The lowest BCUT2D eigenvalue weighted by Gasteiger charge is -2.01. The van der Waals surface area contributed by atoms with Gasteiger partial charge in [0.2, 0.25) is 0 Å². The molecule has 3 rings (SSSR count). The highest BCUT2D eigenvalue weighted by Crippen LogP contribution is 2.21. The molecule has 0 aromatic carbocycles. The second-order valence-electron chi connectivity index (χ2n) is 4.49. The number of hydrogen-bond donors (Lipinski definition) is 1. The van der Waals surface area contributed by atoms with E-state index in [4.69, 9.17) is 0 Å². The number of thiophene rings is 1. The molecule has 0 spiro atoms. The largest absolute Gasteiger partial charge is 0.306 e. The van der Waals surface area contributed by atoms with Crippen LogP contribution in [0.25, 0.3) is 10.7 Å². The average molecular weight is 301 g/mol. The zero-order valence-electron chi connectivity index (χ0n) is 11.2. The van der Waals surface area contributed by atoms with E-state index >= 15 is 0 Å². The Hall–Kier alpha value is -1.56. The maximum atomic E-state index is 4.62. The molecule has 3 heterocycles. The van der Waals surface area contributed by atoms with E-state index in [0.29, 0.717) is 0 Å². The Balaban J connectivity index is 1.59.